The Morgan fingerprint density at radius 3 is 2.87 bits per heavy atom. The van der Waals surface area contributed by atoms with Gasteiger partial charge in [-0.3, -0.25) is 5.10 Å². The second kappa shape index (κ2) is 8.88. The van der Waals surface area contributed by atoms with Gasteiger partial charge in [0.25, 0.3) is 0 Å². The van der Waals surface area contributed by atoms with Crippen molar-refractivity contribution in [3.05, 3.63) is 35.7 Å². The van der Waals surface area contributed by atoms with Crippen molar-refractivity contribution in [2.24, 2.45) is 0 Å². The number of anilines is 2. The highest BCUT2D eigenvalue weighted by molar-refractivity contribution is 7.85. The monoisotopic (exact) mass is 456 g/mol. The third kappa shape index (κ3) is 5.57. The lowest BCUT2D eigenvalue weighted by molar-refractivity contribution is 0.350. The first-order valence-electron chi connectivity index (χ1n) is 9.91. The van der Waals surface area contributed by atoms with Crippen LogP contribution in [0, 0.1) is 11.8 Å². The van der Waals surface area contributed by atoms with E-state index in [4.69, 9.17) is 5.11 Å². The van der Waals surface area contributed by atoms with Crippen LogP contribution in [0.1, 0.15) is 50.8 Å². The maximum absolute atomic E-state index is 12.6. The largest absolute Gasteiger partial charge is 0.384 e. The lowest BCUT2D eigenvalue weighted by Gasteiger charge is -2.18. The molecule has 3 aromatic rings. The van der Waals surface area contributed by atoms with Crippen LogP contribution in [-0.2, 0) is 11.0 Å². The molecule has 10 heteroatoms. The molecule has 0 radical (unpaired) electrons. The molecule has 3 aromatic heterocycles. The number of aliphatic hydroxyl groups excluding tert-OH is 1. The van der Waals surface area contributed by atoms with Crippen molar-refractivity contribution < 1.29 is 9.32 Å². The normalized spacial score (nSPS) is 14.7. The van der Waals surface area contributed by atoms with Crippen LogP contribution in [0.3, 0.4) is 0 Å². The highest BCUT2D eigenvalue weighted by Crippen LogP contribution is 2.39. The van der Waals surface area contributed by atoms with Crippen LogP contribution < -0.4 is 10.0 Å². The number of nitrogens with one attached hydrogen (secondary N) is 3. The predicted molar refractivity (Wildman–Crippen MR) is 122 cm³/mol. The molecule has 0 aromatic carbocycles. The maximum atomic E-state index is 12.6. The van der Waals surface area contributed by atoms with Gasteiger partial charge in [0.2, 0.25) is 0 Å². The highest BCUT2D eigenvalue weighted by Gasteiger charge is 2.25. The van der Waals surface area contributed by atoms with Crippen LogP contribution in [-0.4, -0.2) is 41.6 Å². The molecule has 3 heterocycles. The van der Waals surface area contributed by atoms with Gasteiger partial charge in [0.1, 0.15) is 21.8 Å². The minimum absolute atomic E-state index is 0.254. The number of aromatic nitrogens is 4. The van der Waals surface area contributed by atoms with E-state index in [0.717, 1.165) is 10.6 Å². The standard InChI is InChI=1S/C21H24N6O2S2/c1-21(2,3)27-31(29)18-9-8-16(30-18)20-22-12-14(5-4-10-28)19(24-20)23-17-11-15(25-26-17)13-6-7-13/h8-9,11-13,27-28H,6-7,10H2,1-3H3,(H2,22,23,24,25,26). The van der Waals surface area contributed by atoms with Gasteiger partial charge < -0.3 is 10.4 Å². The SMILES string of the molecule is CC(C)(C)NS(=O)c1ccc(-c2ncc(C#CCO)c(Nc3cc(C4CC4)[nH]n3)n2)s1. The first kappa shape index (κ1) is 21.6. The van der Waals surface area contributed by atoms with Gasteiger partial charge in [0.05, 0.1) is 10.4 Å². The van der Waals surface area contributed by atoms with Gasteiger partial charge in [-0.25, -0.2) is 18.9 Å². The van der Waals surface area contributed by atoms with Crippen molar-refractivity contribution in [3.63, 3.8) is 0 Å². The third-order valence-electron chi connectivity index (χ3n) is 4.34. The second-order valence-electron chi connectivity index (χ2n) is 8.26. The molecule has 0 aliphatic heterocycles. The quantitative estimate of drug-likeness (QED) is 0.423. The van der Waals surface area contributed by atoms with Crippen LogP contribution in [0.15, 0.2) is 28.6 Å². The Labute approximate surface area is 187 Å². The summed E-state index contributed by atoms with van der Waals surface area (Å²) in [4.78, 5) is 9.86. The van der Waals surface area contributed by atoms with Gasteiger partial charge >= 0.3 is 0 Å². The number of aromatic amines is 1. The van der Waals surface area contributed by atoms with Gasteiger partial charge in [-0.1, -0.05) is 11.8 Å². The Hall–Kier alpha value is -2.58. The van der Waals surface area contributed by atoms with Crippen LogP contribution in [0.2, 0.25) is 0 Å². The summed E-state index contributed by atoms with van der Waals surface area (Å²) < 4.78 is 16.3. The van der Waals surface area contributed by atoms with E-state index in [1.807, 2.05) is 39.0 Å². The molecule has 162 valence electrons. The molecule has 1 atom stereocenters. The van der Waals surface area contributed by atoms with Crippen LogP contribution in [0.25, 0.3) is 10.7 Å². The molecule has 1 fully saturated rings. The molecule has 1 unspecified atom stereocenters. The van der Waals surface area contributed by atoms with Crippen molar-refractivity contribution >= 4 is 34.0 Å². The van der Waals surface area contributed by atoms with E-state index in [-0.39, 0.29) is 12.1 Å². The molecular weight excluding hydrogens is 432 g/mol. The molecule has 0 amide bonds. The summed E-state index contributed by atoms with van der Waals surface area (Å²) in [5, 5.41) is 19.7. The molecule has 1 aliphatic rings. The van der Waals surface area contributed by atoms with Gasteiger partial charge in [-0.15, -0.1) is 11.3 Å². The maximum Gasteiger partial charge on any atom is 0.171 e. The smallest absolute Gasteiger partial charge is 0.171 e. The zero-order valence-electron chi connectivity index (χ0n) is 17.5. The Morgan fingerprint density at radius 2 is 2.16 bits per heavy atom. The summed E-state index contributed by atoms with van der Waals surface area (Å²) in [6.07, 6.45) is 3.98. The van der Waals surface area contributed by atoms with Crippen molar-refractivity contribution in [3.8, 4) is 22.5 Å². The number of hydrogen-bond acceptors (Lipinski definition) is 7. The van der Waals surface area contributed by atoms with Crippen molar-refractivity contribution in [1.29, 1.82) is 0 Å². The number of thiophene rings is 1. The molecular formula is C21H24N6O2S2. The van der Waals surface area contributed by atoms with Crippen LogP contribution in [0.4, 0.5) is 11.6 Å². The average Bonchev–Trinajstić information content (AvgIpc) is 3.25. The lowest BCUT2D eigenvalue weighted by Crippen LogP contribution is -2.36. The third-order valence-corrected chi connectivity index (χ3v) is 7.21. The van der Waals surface area contributed by atoms with E-state index in [1.54, 1.807) is 6.20 Å². The summed E-state index contributed by atoms with van der Waals surface area (Å²) in [6, 6.07) is 5.66. The van der Waals surface area contributed by atoms with Gasteiger partial charge in [-0.2, -0.15) is 5.10 Å². The fourth-order valence-electron chi connectivity index (χ4n) is 2.82. The van der Waals surface area contributed by atoms with Crippen LogP contribution >= 0.6 is 11.3 Å². The second-order valence-corrected chi connectivity index (χ2v) is 10.8. The van der Waals surface area contributed by atoms with Gasteiger partial charge in [0, 0.05) is 29.4 Å². The molecule has 4 N–H and O–H groups in total. The fourth-order valence-corrected chi connectivity index (χ4v) is 5.04. The Bertz CT molecular complexity index is 1160. The summed E-state index contributed by atoms with van der Waals surface area (Å²) in [5.74, 6) is 7.72. The summed E-state index contributed by atoms with van der Waals surface area (Å²) in [6.45, 7) is 5.65. The van der Waals surface area contributed by atoms with Crippen molar-refractivity contribution in [2.75, 3.05) is 11.9 Å². The molecule has 0 saturated heterocycles. The van der Waals surface area contributed by atoms with Crippen LogP contribution in [0.5, 0.6) is 0 Å². The highest BCUT2D eigenvalue weighted by atomic mass is 32.2. The molecule has 31 heavy (non-hydrogen) atoms. The molecule has 4 rings (SSSR count). The minimum atomic E-state index is -1.31. The van der Waals surface area contributed by atoms with Crippen molar-refractivity contribution in [1.82, 2.24) is 24.9 Å². The van der Waals surface area contributed by atoms with E-state index < -0.39 is 11.0 Å². The number of H-pyrrole nitrogens is 1. The number of hydrogen-bond donors (Lipinski definition) is 4. The zero-order chi connectivity index (χ0) is 22.0. The molecule has 0 spiro atoms. The molecule has 1 aliphatic carbocycles. The molecule has 1 saturated carbocycles. The number of nitrogens with zero attached hydrogens (tertiary/aromatic N) is 3. The molecule has 8 nitrogen and oxygen atoms in total. The van der Waals surface area contributed by atoms with E-state index >= 15 is 0 Å². The average molecular weight is 457 g/mol. The van der Waals surface area contributed by atoms with Gasteiger partial charge in [0.15, 0.2) is 17.5 Å². The first-order chi connectivity index (χ1) is 14.8. The first-order valence-corrected chi connectivity index (χ1v) is 11.9. The van der Waals surface area contributed by atoms with E-state index in [1.165, 1.54) is 24.2 Å². The summed E-state index contributed by atoms with van der Waals surface area (Å²) >= 11 is 1.38. The van der Waals surface area contributed by atoms with Gasteiger partial charge in [-0.05, 0) is 45.7 Å². The van der Waals surface area contributed by atoms with E-state index in [9.17, 15) is 4.21 Å². The zero-order valence-corrected chi connectivity index (χ0v) is 19.2. The predicted octanol–water partition coefficient (Wildman–Crippen LogP) is 3.30. The van der Waals surface area contributed by atoms with Crippen molar-refractivity contribution in [2.45, 2.75) is 49.3 Å². The molecule has 0 bridgehead atoms. The lowest BCUT2D eigenvalue weighted by atomic mass is 10.1. The Balaban J connectivity index is 1.61. The Kier molecular flexibility index (Phi) is 6.20. The summed E-state index contributed by atoms with van der Waals surface area (Å²) in [5.41, 5.74) is 1.40. The topological polar surface area (TPSA) is 116 Å². The summed E-state index contributed by atoms with van der Waals surface area (Å²) in [7, 11) is -1.31. The minimum Gasteiger partial charge on any atom is -0.384 e. The number of aliphatic hydroxyl groups is 1. The van der Waals surface area contributed by atoms with E-state index in [2.05, 4.69) is 42.0 Å². The van der Waals surface area contributed by atoms with E-state index in [0.29, 0.717) is 33.2 Å². The number of rotatable bonds is 6. The Morgan fingerprint density at radius 1 is 1.35 bits per heavy atom. The fraction of sp³-hybridized carbons (Fsp3) is 0.381.